The molecule has 0 bridgehead atoms. The minimum absolute atomic E-state index is 0.127. The van der Waals surface area contributed by atoms with Crippen LogP contribution >= 0.6 is 0 Å². The van der Waals surface area contributed by atoms with Crippen LogP contribution in [-0.2, 0) is 13.1 Å². The Morgan fingerprint density at radius 2 is 1.92 bits per heavy atom. The first kappa shape index (κ1) is 18.2. The molecular weight excluding hydrogens is 326 g/mol. The zero-order valence-electron chi connectivity index (χ0n) is 13.7. The van der Waals surface area contributed by atoms with Crippen LogP contribution in [-0.4, -0.2) is 19.6 Å². The van der Waals surface area contributed by atoms with Gasteiger partial charge in [-0.25, -0.2) is 0 Å². The lowest BCUT2D eigenvalue weighted by Gasteiger charge is -2.14. The van der Waals surface area contributed by atoms with Crippen molar-refractivity contribution in [3.63, 3.8) is 0 Å². The summed E-state index contributed by atoms with van der Waals surface area (Å²) in [4.78, 5) is 4.09. The maximum Gasteiger partial charge on any atom is 0.387 e. The molecular formula is C18H18F2N4O. The molecule has 0 aliphatic carbocycles. The Labute approximate surface area is 145 Å². The SMILES string of the molecule is CN=C(NCc1cccc(C#N)c1)NCc1ccccc1OC(F)F. The molecule has 0 amide bonds. The van der Waals surface area contributed by atoms with Gasteiger partial charge in [-0.05, 0) is 23.8 Å². The first-order chi connectivity index (χ1) is 12.1. The van der Waals surface area contributed by atoms with Gasteiger partial charge in [0.25, 0.3) is 0 Å². The number of alkyl halides is 2. The third-order valence-electron chi connectivity index (χ3n) is 3.37. The van der Waals surface area contributed by atoms with Crippen molar-refractivity contribution in [3.05, 3.63) is 65.2 Å². The van der Waals surface area contributed by atoms with E-state index >= 15 is 0 Å². The maximum atomic E-state index is 12.4. The molecule has 0 saturated carbocycles. The molecule has 0 atom stereocenters. The molecule has 2 rings (SSSR count). The highest BCUT2D eigenvalue weighted by atomic mass is 19.3. The van der Waals surface area contributed by atoms with E-state index in [4.69, 9.17) is 5.26 Å². The Balaban J connectivity index is 1.94. The fourth-order valence-corrected chi connectivity index (χ4v) is 2.20. The molecule has 0 heterocycles. The predicted octanol–water partition coefficient (Wildman–Crippen LogP) is 3.02. The van der Waals surface area contributed by atoms with Crippen molar-refractivity contribution >= 4 is 5.96 Å². The number of guanidine groups is 1. The number of hydrogen-bond donors (Lipinski definition) is 2. The highest BCUT2D eigenvalue weighted by Crippen LogP contribution is 2.19. The number of hydrogen-bond acceptors (Lipinski definition) is 3. The van der Waals surface area contributed by atoms with Crippen LogP contribution in [0.25, 0.3) is 0 Å². The van der Waals surface area contributed by atoms with Crippen LogP contribution in [0, 0.1) is 11.3 Å². The number of benzene rings is 2. The Bertz CT molecular complexity index is 772. The van der Waals surface area contributed by atoms with Crippen LogP contribution in [0.4, 0.5) is 8.78 Å². The fraction of sp³-hybridized carbons (Fsp3) is 0.222. The topological polar surface area (TPSA) is 69.4 Å². The van der Waals surface area contributed by atoms with Gasteiger partial charge < -0.3 is 15.4 Å². The number of nitriles is 1. The summed E-state index contributed by atoms with van der Waals surface area (Å²) in [5, 5.41) is 15.1. The van der Waals surface area contributed by atoms with Gasteiger partial charge in [-0.15, -0.1) is 0 Å². The molecule has 5 nitrogen and oxygen atoms in total. The molecule has 0 aliphatic rings. The normalized spacial score (nSPS) is 11.1. The molecule has 0 saturated heterocycles. The summed E-state index contributed by atoms with van der Waals surface area (Å²) in [7, 11) is 1.61. The molecule has 0 radical (unpaired) electrons. The molecule has 2 aromatic carbocycles. The number of halogens is 2. The molecule has 2 N–H and O–H groups in total. The third kappa shape index (κ3) is 5.77. The van der Waals surface area contributed by atoms with Gasteiger partial charge in [0.15, 0.2) is 5.96 Å². The van der Waals surface area contributed by atoms with Crippen LogP contribution in [0.15, 0.2) is 53.5 Å². The van der Waals surface area contributed by atoms with Crippen molar-refractivity contribution < 1.29 is 13.5 Å². The minimum atomic E-state index is -2.87. The van der Waals surface area contributed by atoms with E-state index < -0.39 is 6.61 Å². The van der Waals surface area contributed by atoms with Crippen molar-refractivity contribution in [3.8, 4) is 11.8 Å². The number of rotatable bonds is 6. The lowest BCUT2D eigenvalue weighted by atomic mass is 10.1. The monoisotopic (exact) mass is 344 g/mol. The number of para-hydroxylation sites is 1. The summed E-state index contributed by atoms with van der Waals surface area (Å²) >= 11 is 0. The van der Waals surface area contributed by atoms with Crippen LogP contribution in [0.1, 0.15) is 16.7 Å². The quantitative estimate of drug-likeness (QED) is 0.624. The van der Waals surface area contributed by atoms with Crippen molar-refractivity contribution in [2.24, 2.45) is 4.99 Å². The van der Waals surface area contributed by atoms with E-state index in [2.05, 4.69) is 26.4 Å². The second-order valence-electron chi connectivity index (χ2n) is 5.08. The Morgan fingerprint density at radius 1 is 1.16 bits per heavy atom. The molecule has 0 spiro atoms. The summed E-state index contributed by atoms with van der Waals surface area (Å²) in [5.41, 5.74) is 2.11. The lowest BCUT2D eigenvalue weighted by Crippen LogP contribution is -2.36. The lowest BCUT2D eigenvalue weighted by molar-refractivity contribution is -0.0504. The van der Waals surface area contributed by atoms with Gasteiger partial charge in [-0.2, -0.15) is 14.0 Å². The highest BCUT2D eigenvalue weighted by Gasteiger charge is 2.09. The second-order valence-corrected chi connectivity index (χ2v) is 5.08. The molecule has 2 aromatic rings. The number of nitrogens with one attached hydrogen (secondary N) is 2. The smallest absolute Gasteiger partial charge is 0.387 e. The first-order valence-corrected chi connectivity index (χ1v) is 7.58. The second kappa shape index (κ2) is 9.23. The molecule has 7 heteroatoms. The average molecular weight is 344 g/mol. The van der Waals surface area contributed by atoms with Crippen molar-refractivity contribution in [1.82, 2.24) is 10.6 Å². The van der Waals surface area contributed by atoms with E-state index in [0.29, 0.717) is 23.6 Å². The largest absolute Gasteiger partial charge is 0.434 e. The van der Waals surface area contributed by atoms with E-state index in [1.807, 2.05) is 12.1 Å². The van der Waals surface area contributed by atoms with E-state index in [1.54, 1.807) is 37.4 Å². The Morgan fingerprint density at radius 3 is 2.64 bits per heavy atom. The van der Waals surface area contributed by atoms with Crippen LogP contribution < -0.4 is 15.4 Å². The van der Waals surface area contributed by atoms with E-state index in [9.17, 15) is 8.78 Å². The molecule has 0 unspecified atom stereocenters. The Hall–Kier alpha value is -3.14. The van der Waals surface area contributed by atoms with Crippen LogP contribution in [0.2, 0.25) is 0 Å². The first-order valence-electron chi connectivity index (χ1n) is 7.58. The molecule has 0 fully saturated rings. The van der Waals surface area contributed by atoms with Crippen molar-refractivity contribution in [1.29, 1.82) is 5.26 Å². The molecule has 25 heavy (non-hydrogen) atoms. The van der Waals surface area contributed by atoms with Crippen molar-refractivity contribution in [2.45, 2.75) is 19.7 Å². The Kier molecular flexibility index (Phi) is 6.72. The van der Waals surface area contributed by atoms with E-state index in [0.717, 1.165) is 5.56 Å². The maximum absolute atomic E-state index is 12.4. The van der Waals surface area contributed by atoms with Gasteiger partial charge in [0, 0.05) is 25.7 Å². The number of aliphatic imine (C=N–C) groups is 1. The molecule has 0 aliphatic heterocycles. The fourth-order valence-electron chi connectivity index (χ4n) is 2.20. The van der Waals surface area contributed by atoms with Gasteiger partial charge in [0.05, 0.1) is 11.6 Å². The molecule has 130 valence electrons. The summed E-state index contributed by atoms with van der Waals surface area (Å²) in [6.07, 6.45) is 0. The predicted molar refractivity (Wildman–Crippen MR) is 91.3 cm³/mol. The highest BCUT2D eigenvalue weighted by molar-refractivity contribution is 5.79. The third-order valence-corrected chi connectivity index (χ3v) is 3.37. The van der Waals surface area contributed by atoms with Gasteiger partial charge >= 0.3 is 6.61 Å². The van der Waals surface area contributed by atoms with Gasteiger partial charge in [0.2, 0.25) is 0 Å². The van der Waals surface area contributed by atoms with Crippen LogP contribution in [0.3, 0.4) is 0 Å². The number of ether oxygens (including phenoxy) is 1. The zero-order chi connectivity index (χ0) is 18.1. The zero-order valence-corrected chi connectivity index (χ0v) is 13.7. The molecule has 0 aromatic heterocycles. The van der Waals surface area contributed by atoms with E-state index in [1.165, 1.54) is 6.07 Å². The van der Waals surface area contributed by atoms with Crippen molar-refractivity contribution in [2.75, 3.05) is 7.05 Å². The van der Waals surface area contributed by atoms with E-state index in [-0.39, 0.29) is 12.3 Å². The van der Waals surface area contributed by atoms with Gasteiger partial charge in [0.1, 0.15) is 5.75 Å². The summed E-state index contributed by atoms with van der Waals surface area (Å²) in [5.74, 6) is 0.636. The number of nitrogens with zero attached hydrogens (tertiary/aromatic N) is 2. The van der Waals surface area contributed by atoms with Gasteiger partial charge in [-0.3, -0.25) is 4.99 Å². The van der Waals surface area contributed by atoms with Crippen LogP contribution in [0.5, 0.6) is 5.75 Å². The summed E-state index contributed by atoms with van der Waals surface area (Å²) in [6, 6.07) is 15.9. The average Bonchev–Trinajstić information content (AvgIpc) is 2.62. The standard InChI is InChI=1S/C18H18F2N4O/c1-22-18(23-11-14-6-4-5-13(9-14)10-21)24-12-15-7-2-3-8-16(15)25-17(19)20/h2-9,17H,11-12H2,1H3,(H2,22,23,24). The van der Waals surface area contributed by atoms with Gasteiger partial charge in [-0.1, -0.05) is 30.3 Å². The summed E-state index contributed by atoms with van der Waals surface area (Å²) in [6.45, 7) is -2.11. The summed E-state index contributed by atoms with van der Waals surface area (Å²) < 4.78 is 29.4. The minimum Gasteiger partial charge on any atom is -0.434 e.